The van der Waals surface area contributed by atoms with Gasteiger partial charge in [0.15, 0.2) is 0 Å². The fourth-order valence-corrected chi connectivity index (χ4v) is 6.16. The highest BCUT2D eigenvalue weighted by atomic mass is 16.5. The lowest BCUT2D eigenvalue weighted by molar-refractivity contribution is 0.460. The number of benzene rings is 4. The summed E-state index contributed by atoms with van der Waals surface area (Å²) < 4.78 is 8.68. The van der Waals surface area contributed by atoms with Crippen molar-refractivity contribution in [3.8, 4) is 34.3 Å². The van der Waals surface area contributed by atoms with Crippen LogP contribution in [0.15, 0.2) is 103 Å². The molecule has 0 bridgehead atoms. The lowest BCUT2D eigenvalue weighted by atomic mass is 10.0. The molecule has 3 aromatic heterocycles. The normalized spacial score (nSPS) is 11.5. The fourth-order valence-electron chi connectivity index (χ4n) is 6.16. The van der Waals surface area contributed by atoms with E-state index in [0.717, 1.165) is 62.7 Å². The molecule has 0 saturated heterocycles. The molecule has 0 fully saturated rings. The van der Waals surface area contributed by atoms with Crippen LogP contribution in [-0.4, -0.2) is 19.6 Å². The molecule has 0 unspecified atom stereocenters. The predicted octanol–water partition coefficient (Wildman–Crippen LogP) is 9.33. The maximum Gasteiger partial charge on any atom is 0.220 e. The third-order valence-corrected chi connectivity index (χ3v) is 8.12. The zero-order chi connectivity index (χ0) is 28.8. The maximum atomic E-state index is 10.7. The Hall–Kier alpha value is -5.16. The molecule has 0 radical (unpaired) electrons. The van der Waals surface area contributed by atoms with Crippen molar-refractivity contribution in [2.45, 2.75) is 33.6 Å². The van der Waals surface area contributed by atoms with Gasteiger partial charge in [0.2, 0.25) is 5.88 Å². The molecule has 0 saturated carbocycles. The average Bonchev–Trinajstić information content (AvgIpc) is 3.34. The first kappa shape index (κ1) is 25.8. The Morgan fingerprint density at radius 1 is 0.714 bits per heavy atom. The van der Waals surface area contributed by atoms with Crippen LogP contribution >= 0.6 is 0 Å². The molecule has 0 aliphatic rings. The number of phenolic OH excluding ortho intramolecular Hbond substituents is 1. The molecule has 206 valence electrons. The van der Waals surface area contributed by atoms with Gasteiger partial charge in [-0.1, -0.05) is 74.5 Å². The van der Waals surface area contributed by atoms with Crippen molar-refractivity contribution in [2.24, 2.45) is 0 Å². The van der Waals surface area contributed by atoms with E-state index >= 15 is 0 Å². The number of ether oxygens (including phenoxy) is 1. The summed E-state index contributed by atoms with van der Waals surface area (Å²) in [6.07, 6.45) is 1.92. The fraction of sp³-hybridized carbons (Fsp3) is 0.135. The van der Waals surface area contributed by atoms with Gasteiger partial charge in [-0.15, -0.1) is 0 Å². The summed E-state index contributed by atoms with van der Waals surface area (Å²) in [6, 6.07) is 34.3. The first-order valence-electron chi connectivity index (χ1n) is 14.4. The summed E-state index contributed by atoms with van der Waals surface area (Å²) in [7, 11) is 0. The van der Waals surface area contributed by atoms with Gasteiger partial charge in [0.25, 0.3) is 0 Å². The van der Waals surface area contributed by atoms with E-state index in [1.54, 1.807) is 6.07 Å². The topological polar surface area (TPSA) is 60.2 Å². The second-order valence-corrected chi connectivity index (χ2v) is 10.6. The Morgan fingerprint density at radius 2 is 1.48 bits per heavy atom. The van der Waals surface area contributed by atoms with Crippen LogP contribution < -0.4 is 4.74 Å². The number of fused-ring (bicyclic) bond motifs is 4. The van der Waals surface area contributed by atoms with Crippen molar-refractivity contribution >= 4 is 32.7 Å². The van der Waals surface area contributed by atoms with Crippen molar-refractivity contribution in [3.63, 3.8) is 0 Å². The van der Waals surface area contributed by atoms with Gasteiger partial charge in [0, 0.05) is 34.0 Å². The van der Waals surface area contributed by atoms with E-state index in [-0.39, 0.29) is 5.75 Å². The van der Waals surface area contributed by atoms with Gasteiger partial charge in [0.1, 0.15) is 22.8 Å². The molecule has 0 atom stereocenters. The number of aryl methyl sites for hydroxylation is 2. The summed E-state index contributed by atoms with van der Waals surface area (Å²) in [4.78, 5) is 9.80. The molecule has 3 heterocycles. The van der Waals surface area contributed by atoms with Gasteiger partial charge >= 0.3 is 0 Å². The first-order chi connectivity index (χ1) is 20.6. The number of hydrogen-bond donors (Lipinski definition) is 1. The molecule has 0 amide bonds. The van der Waals surface area contributed by atoms with Crippen molar-refractivity contribution in [3.05, 3.63) is 120 Å². The quantitative estimate of drug-likeness (QED) is 0.224. The van der Waals surface area contributed by atoms with E-state index in [4.69, 9.17) is 14.7 Å². The van der Waals surface area contributed by atoms with Crippen LogP contribution in [0, 0.1) is 6.92 Å². The van der Waals surface area contributed by atoms with E-state index < -0.39 is 0 Å². The molecule has 7 rings (SSSR count). The largest absolute Gasteiger partial charge is 0.506 e. The molecule has 5 heteroatoms. The Morgan fingerprint density at radius 3 is 2.29 bits per heavy atom. The molecular weight excluding hydrogens is 518 g/mol. The number of rotatable bonds is 6. The first-order valence-corrected chi connectivity index (χ1v) is 14.4. The van der Waals surface area contributed by atoms with E-state index in [0.29, 0.717) is 17.1 Å². The van der Waals surface area contributed by atoms with Crippen LogP contribution in [0.4, 0.5) is 0 Å². The van der Waals surface area contributed by atoms with Gasteiger partial charge in [0.05, 0.1) is 11.0 Å². The second kappa shape index (κ2) is 10.3. The van der Waals surface area contributed by atoms with Crippen LogP contribution in [0.25, 0.3) is 49.7 Å². The molecule has 5 nitrogen and oxygen atoms in total. The van der Waals surface area contributed by atoms with Crippen LogP contribution in [0.2, 0.25) is 0 Å². The molecule has 1 N–H and O–H groups in total. The summed E-state index contributed by atoms with van der Waals surface area (Å²) in [5.74, 6) is 2.10. The Balaban J connectivity index is 1.41. The lowest BCUT2D eigenvalue weighted by Gasteiger charge is -2.15. The summed E-state index contributed by atoms with van der Waals surface area (Å²) in [5, 5.41) is 13.9. The van der Waals surface area contributed by atoms with Gasteiger partial charge in [-0.25, -0.2) is 9.97 Å². The van der Waals surface area contributed by atoms with Crippen LogP contribution in [0.3, 0.4) is 0 Å². The van der Waals surface area contributed by atoms with Crippen molar-refractivity contribution in [2.75, 3.05) is 0 Å². The minimum absolute atomic E-state index is 0.120. The van der Waals surface area contributed by atoms with Crippen molar-refractivity contribution in [1.82, 2.24) is 14.5 Å². The Labute approximate surface area is 244 Å². The Kier molecular flexibility index (Phi) is 6.35. The number of para-hydroxylation sites is 2. The number of nitrogens with zero attached hydrogens (tertiary/aromatic N) is 3. The molecule has 4 aromatic carbocycles. The smallest absolute Gasteiger partial charge is 0.220 e. The SMILES string of the molecule is CCc1cc(-n2c3ccccc3c3ccc(Oc4cc(-c5ccccc5)c5cccc(O)c5n4)cc32)nc(C)c1CC. The minimum Gasteiger partial charge on any atom is -0.506 e. The van der Waals surface area contributed by atoms with E-state index in [1.807, 2.05) is 42.5 Å². The van der Waals surface area contributed by atoms with Gasteiger partial charge in [-0.3, -0.25) is 4.57 Å². The average molecular weight is 550 g/mol. The predicted molar refractivity (Wildman–Crippen MR) is 171 cm³/mol. The molecule has 42 heavy (non-hydrogen) atoms. The highest BCUT2D eigenvalue weighted by Crippen LogP contribution is 2.38. The minimum atomic E-state index is 0.120. The van der Waals surface area contributed by atoms with Crippen LogP contribution in [-0.2, 0) is 12.8 Å². The van der Waals surface area contributed by atoms with Crippen molar-refractivity contribution in [1.29, 1.82) is 0 Å². The Bertz CT molecular complexity index is 2110. The molecule has 0 aliphatic carbocycles. The second-order valence-electron chi connectivity index (χ2n) is 10.6. The number of aromatic hydroxyl groups is 1. The van der Waals surface area contributed by atoms with Gasteiger partial charge in [-0.05, 0) is 72.4 Å². The highest BCUT2D eigenvalue weighted by Gasteiger charge is 2.17. The van der Waals surface area contributed by atoms with Crippen LogP contribution in [0.5, 0.6) is 17.4 Å². The van der Waals surface area contributed by atoms with E-state index in [2.05, 4.69) is 79.9 Å². The number of phenols is 1. The van der Waals surface area contributed by atoms with Gasteiger partial charge < -0.3 is 9.84 Å². The van der Waals surface area contributed by atoms with Crippen molar-refractivity contribution < 1.29 is 9.84 Å². The zero-order valence-electron chi connectivity index (χ0n) is 23.9. The molecule has 0 spiro atoms. The molecule has 7 aromatic rings. The maximum absolute atomic E-state index is 10.7. The van der Waals surface area contributed by atoms with Crippen LogP contribution in [0.1, 0.15) is 30.7 Å². The molecular formula is C37H31N3O2. The van der Waals surface area contributed by atoms with Gasteiger partial charge in [-0.2, -0.15) is 0 Å². The van der Waals surface area contributed by atoms with E-state index in [1.165, 1.54) is 11.1 Å². The standard InChI is InChI=1S/C37H31N3O2/c1-4-24-20-35(38-23(3)27(24)5-2)40-32-16-10-9-14-28(32)29-19-18-26(21-33(29)40)42-36-22-31(25-12-7-6-8-13-25)30-15-11-17-34(41)37(30)39-36/h6-22,41H,4-5H2,1-3H3. The monoisotopic (exact) mass is 549 g/mol. The number of pyridine rings is 2. The lowest BCUT2D eigenvalue weighted by Crippen LogP contribution is -2.05. The number of aromatic nitrogens is 3. The molecule has 0 aliphatic heterocycles. The summed E-state index contributed by atoms with van der Waals surface area (Å²) in [5.41, 5.74) is 8.31. The van der Waals surface area contributed by atoms with E-state index in [9.17, 15) is 5.11 Å². The summed E-state index contributed by atoms with van der Waals surface area (Å²) >= 11 is 0. The zero-order valence-corrected chi connectivity index (χ0v) is 23.9. The third kappa shape index (κ3) is 4.25. The third-order valence-electron chi connectivity index (χ3n) is 8.12. The number of hydrogen-bond acceptors (Lipinski definition) is 4. The summed E-state index contributed by atoms with van der Waals surface area (Å²) in [6.45, 7) is 6.50. The highest BCUT2D eigenvalue weighted by molar-refractivity contribution is 6.09.